The second kappa shape index (κ2) is 5.16. The van der Waals surface area contributed by atoms with Crippen LogP contribution >= 0.6 is 0 Å². The number of aryl methyl sites for hydroxylation is 1. The lowest BCUT2D eigenvalue weighted by Gasteiger charge is -2.06. The molecule has 0 unspecified atom stereocenters. The molecule has 86 valence electrons. The van der Waals surface area contributed by atoms with E-state index in [-0.39, 0.29) is 18.4 Å². The zero-order chi connectivity index (χ0) is 12.1. The van der Waals surface area contributed by atoms with Gasteiger partial charge in [0.15, 0.2) is 0 Å². The van der Waals surface area contributed by atoms with E-state index in [1.54, 1.807) is 18.2 Å². The van der Waals surface area contributed by atoms with E-state index in [0.29, 0.717) is 11.3 Å². The van der Waals surface area contributed by atoms with E-state index in [0.717, 1.165) is 5.56 Å². The van der Waals surface area contributed by atoms with E-state index in [1.165, 1.54) is 7.05 Å². The van der Waals surface area contributed by atoms with Crippen molar-refractivity contribution in [2.45, 2.75) is 6.92 Å². The van der Waals surface area contributed by atoms with Crippen LogP contribution in [0.4, 0.5) is 5.69 Å². The first kappa shape index (κ1) is 12.0. The average molecular weight is 221 g/mol. The molecule has 5 heteroatoms. The van der Waals surface area contributed by atoms with Gasteiger partial charge in [-0.15, -0.1) is 0 Å². The van der Waals surface area contributed by atoms with E-state index in [2.05, 4.69) is 10.6 Å². The summed E-state index contributed by atoms with van der Waals surface area (Å²) >= 11 is 0. The third kappa shape index (κ3) is 3.27. The van der Waals surface area contributed by atoms with Crippen LogP contribution in [0, 0.1) is 6.92 Å². The Morgan fingerprint density at radius 1 is 1.31 bits per heavy atom. The SMILES string of the molecule is CNC(=O)CNC(=O)c1cc(C)cc(N)c1. The minimum atomic E-state index is -0.306. The van der Waals surface area contributed by atoms with Crippen LogP contribution in [-0.4, -0.2) is 25.4 Å². The Morgan fingerprint density at radius 3 is 2.56 bits per heavy atom. The molecule has 1 aromatic rings. The number of rotatable bonds is 3. The molecule has 0 saturated heterocycles. The highest BCUT2D eigenvalue weighted by molar-refractivity contribution is 5.97. The van der Waals surface area contributed by atoms with Crippen molar-refractivity contribution >= 4 is 17.5 Å². The Bertz CT molecular complexity index is 395. The minimum absolute atomic E-state index is 0.0385. The number of hydrogen-bond donors (Lipinski definition) is 3. The lowest BCUT2D eigenvalue weighted by atomic mass is 10.1. The average Bonchev–Trinajstić information content (AvgIpc) is 2.23. The Hall–Kier alpha value is -2.04. The molecule has 0 aliphatic heterocycles. The molecule has 1 aromatic carbocycles. The topological polar surface area (TPSA) is 84.2 Å². The summed E-state index contributed by atoms with van der Waals surface area (Å²) in [6, 6.07) is 5.07. The summed E-state index contributed by atoms with van der Waals surface area (Å²) in [5, 5.41) is 4.91. The highest BCUT2D eigenvalue weighted by Crippen LogP contribution is 2.10. The first-order valence-corrected chi connectivity index (χ1v) is 4.89. The summed E-state index contributed by atoms with van der Waals surface area (Å²) in [7, 11) is 1.51. The van der Waals surface area contributed by atoms with Gasteiger partial charge >= 0.3 is 0 Å². The molecule has 0 aromatic heterocycles. The lowest BCUT2D eigenvalue weighted by molar-refractivity contribution is -0.119. The van der Waals surface area contributed by atoms with Gasteiger partial charge in [-0.3, -0.25) is 9.59 Å². The van der Waals surface area contributed by atoms with Crippen molar-refractivity contribution in [1.29, 1.82) is 0 Å². The number of anilines is 1. The van der Waals surface area contributed by atoms with Crippen molar-refractivity contribution in [1.82, 2.24) is 10.6 Å². The van der Waals surface area contributed by atoms with Crippen LogP contribution in [0.15, 0.2) is 18.2 Å². The number of carbonyl (C=O) groups is 2. The van der Waals surface area contributed by atoms with Gasteiger partial charge in [0.25, 0.3) is 5.91 Å². The number of likely N-dealkylation sites (N-methyl/N-ethyl adjacent to an activating group) is 1. The van der Waals surface area contributed by atoms with Gasteiger partial charge < -0.3 is 16.4 Å². The maximum atomic E-state index is 11.6. The molecule has 4 N–H and O–H groups in total. The molecule has 0 atom stereocenters. The fourth-order valence-corrected chi connectivity index (χ4v) is 1.29. The molecule has 0 heterocycles. The van der Waals surface area contributed by atoms with Crippen LogP contribution in [0.1, 0.15) is 15.9 Å². The standard InChI is InChI=1S/C11H15N3O2/c1-7-3-8(5-9(12)4-7)11(16)14-6-10(15)13-2/h3-5H,6,12H2,1-2H3,(H,13,15)(H,14,16). The Balaban J connectivity index is 2.69. The highest BCUT2D eigenvalue weighted by atomic mass is 16.2. The van der Waals surface area contributed by atoms with Crippen LogP contribution in [0.5, 0.6) is 0 Å². The summed E-state index contributed by atoms with van der Waals surface area (Å²) in [4.78, 5) is 22.6. The monoisotopic (exact) mass is 221 g/mol. The summed E-state index contributed by atoms with van der Waals surface area (Å²) < 4.78 is 0. The number of carbonyl (C=O) groups excluding carboxylic acids is 2. The smallest absolute Gasteiger partial charge is 0.251 e. The largest absolute Gasteiger partial charge is 0.399 e. The molecule has 0 aliphatic rings. The second-order valence-electron chi connectivity index (χ2n) is 3.49. The van der Waals surface area contributed by atoms with Crippen molar-refractivity contribution < 1.29 is 9.59 Å². The third-order valence-electron chi connectivity index (χ3n) is 2.05. The molecule has 1 rings (SSSR count). The van der Waals surface area contributed by atoms with Crippen molar-refractivity contribution in [3.05, 3.63) is 29.3 Å². The van der Waals surface area contributed by atoms with Gasteiger partial charge in [0, 0.05) is 18.3 Å². The second-order valence-corrected chi connectivity index (χ2v) is 3.49. The van der Waals surface area contributed by atoms with Crippen LogP contribution in [0.25, 0.3) is 0 Å². The molecular weight excluding hydrogens is 206 g/mol. The number of nitrogens with one attached hydrogen (secondary N) is 2. The van der Waals surface area contributed by atoms with Gasteiger partial charge in [0.2, 0.25) is 5.91 Å². The Kier molecular flexibility index (Phi) is 3.88. The zero-order valence-electron chi connectivity index (χ0n) is 9.33. The maximum absolute atomic E-state index is 11.6. The van der Waals surface area contributed by atoms with E-state index in [9.17, 15) is 9.59 Å². The molecule has 0 bridgehead atoms. The number of hydrogen-bond acceptors (Lipinski definition) is 3. The van der Waals surface area contributed by atoms with Gasteiger partial charge in [-0.2, -0.15) is 0 Å². The molecule has 0 radical (unpaired) electrons. The molecule has 0 spiro atoms. The summed E-state index contributed by atoms with van der Waals surface area (Å²) in [6.07, 6.45) is 0. The van der Waals surface area contributed by atoms with Crippen molar-refractivity contribution in [3.8, 4) is 0 Å². The molecule has 0 fully saturated rings. The van der Waals surface area contributed by atoms with E-state index >= 15 is 0 Å². The number of nitrogen functional groups attached to an aromatic ring is 1. The predicted molar refractivity (Wildman–Crippen MR) is 62.0 cm³/mol. The van der Waals surface area contributed by atoms with Gasteiger partial charge in [0.1, 0.15) is 0 Å². The van der Waals surface area contributed by atoms with Crippen LogP contribution < -0.4 is 16.4 Å². The van der Waals surface area contributed by atoms with Gasteiger partial charge in [-0.1, -0.05) is 0 Å². The molecule has 0 aliphatic carbocycles. The fourth-order valence-electron chi connectivity index (χ4n) is 1.29. The van der Waals surface area contributed by atoms with Crippen molar-refractivity contribution in [3.63, 3.8) is 0 Å². The Morgan fingerprint density at radius 2 is 2.00 bits per heavy atom. The molecular formula is C11H15N3O2. The number of amides is 2. The normalized spacial score (nSPS) is 9.62. The van der Waals surface area contributed by atoms with Crippen LogP contribution in [0.3, 0.4) is 0 Å². The first-order chi connectivity index (χ1) is 7.52. The summed E-state index contributed by atoms with van der Waals surface area (Å²) in [5.74, 6) is -0.548. The van der Waals surface area contributed by atoms with Crippen molar-refractivity contribution in [2.75, 3.05) is 19.3 Å². The number of benzene rings is 1. The van der Waals surface area contributed by atoms with E-state index in [4.69, 9.17) is 5.73 Å². The van der Waals surface area contributed by atoms with Gasteiger partial charge in [-0.05, 0) is 30.7 Å². The lowest BCUT2D eigenvalue weighted by Crippen LogP contribution is -2.35. The first-order valence-electron chi connectivity index (χ1n) is 4.89. The summed E-state index contributed by atoms with van der Waals surface area (Å²) in [5.41, 5.74) is 7.52. The Labute approximate surface area is 94.0 Å². The fraction of sp³-hybridized carbons (Fsp3) is 0.273. The molecule has 5 nitrogen and oxygen atoms in total. The minimum Gasteiger partial charge on any atom is -0.399 e. The molecule has 0 saturated carbocycles. The van der Waals surface area contributed by atoms with Crippen molar-refractivity contribution in [2.24, 2.45) is 0 Å². The zero-order valence-corrected chi connectivity index (χ0v) is 9.33. The van der Waals surface area contributed by atoms with Gasteiger partial charge in [0.05, 0.1) is 6.54 Å². The van der Waals surface area contributed by atoms with Crippen LogP contribution in [0.2, 0.25) is 0 Å². The van der Waals surface area contributed by atoms with E-state index in [1.807, 2.05) is 6.92 Å². The maximum Gasteiger partial charge on any atom is 0.251 e. The number of nitrogens with two attached hydrogens (primary N) is 1. The van der Waals surface area contributed by atoms with E-state index < -0.39 is 0 Å². The summed E-state index contributed by atoms with van der Waals surface area (Å²) in [6.45, 7) is 1.81. The predicted octanol–water partition coefficient (Wildman–Crippen LogP) is 0.0530. The molecule has 2 amide bonds. The van der Waals surface area contributed by atoms with Crippen LogP contribution in [-0.2, 0) is 4.79 Å². The molecule has 16 heavy (non-hydrogen) atoms. The highest BCUT2D eigenvalue weighted by Gasteiger charge is 2.07. The third-order valence-corrected chi connectivity index (χ3v) is 2.05. The quantitative estimate of drug-likeness (QED) is 0.631. The van der Waals surface area contributed by atoms with Gasteiger partial charge in [-0.25, -0.2) is 0 Å².